The number of sulfonamides is 1. The average molecular weight is 603 g/mol. The Bertz CT molecular complexity index is 1730. The number of nitrogens with one attached hydrogen (secondary N) is 2. The summed E-state index contributed by atoms with van der Waals surface area (Å²) in [5.41, 5.74) is 0.583. The number of fused-ring (bicyclic) bond motifs is 1. The Morgan fingerprint density at radius 2 is 1.81 bits per heavy atom. The predicted octanol–water partition coefficient (Wildman–Crippen LogP) is 6.75. The van der Waals surface area contributed by atoms with E-state index in [0.717, 1.165) is 21.8 Å². The van der Waals surface area contributed by atoms with Gasteiger partial charge in [0.05, 0.1) is 31.5 Å². The predicted molar refractivity (Wildman–Crippen MR) is 136 cm³/mol. The molecule has 0 atom stereocenters. The number of nitrogens with zero attached hydrogens (tertiary/aromatic N) is 4. The molecular weight excluding hydrogens is 592 g/mol. The largest absolute Gasteiger partial charge is 0.416 e. The van der Waals surface area contributed by atoms with Crippen LogP contribution in [-0.2, 0) is 16.2 Å². The Morgan fingerprint density at radius 3 is 2.49 bits per heavy atom. The highest BCUT2D eigenvalue weighted by Gasteiger charge is 2.32. The summed E-state index contributed by atoms with van der Waals surface area (Å²) >= 11 is 15.0. The number of aromatic nitrogens is 5. The average Bonchev–Trinajstić information content (AvgIpc) is 3.49. The standard InChI is InChI=1S/C21H11Cl2F3N6O2S3/c22-13-9-12(30-37(33,34)18-6-2-11(8-14(18)23)21(24,25)26)3-5-16(13)35-20-27-15-7-10(1-4-17(15)36-20)19-28-31-32-29-19/h1-9,30H,(H,28,29,31,32). The van der Waals surface area contributed by atoms with Crippen molar-refractivity contribution < 1.29 is 21.6 Å². The Balaban J connectivity index is 1.34. The van der Waals surface area contributed by atoms with Crippen LogP contribution in [0.3, 0.4) is 0 Å². The van der Waals surface area contributed by atoms with E-state index < -0.39 is 31.7 Å². The second-order valence-electron chi connectivity index (χ2n) is 7.41. The fourth-order valence-corrected chi connectivity index (χ4v) is 7.12. The van der Waals surface area contributed by atoms with Gasteiger partial charge in [-0.1, -0.05) is 35.0 Å². The lowest BCUT2D eigenvalue weighted by Gasteiger charge is -2.13. The van der Waals surface area contributed by atoms with Gasteiger partial charge in [-0.15, -0.1) is 16.4 Å². The Hall–Kier alpha value is -2.91. The molecule has 0 saturated heterocycles. The molecule has 0 amide bonds. The highest BCUT2D eigenvalue weighted by molar-refractivity contribution is 8.01. The van der Waals surface area contributed by atoms with Gasteiger partial charge >= 0.3 is 6.18 Å². The Kier molecular flexibility index (Phi) is 6.79. The van der Waals surface area contributed by atoms with Crippen molar-refractivity contribution in [3.63, 3.8) is 0 Å². The first-order chi connectivity index (χ1) is 17.5. The maximum atomic E-state index is 12.9. The molecule has 2 N–H and O–H groups in total. The van der Waals surface area contributed by atoms with Crippen LogP contribution in [0.15, 0.2) is 68.7 Å². The molecule has 2 heterocycles. The summed E-state index contributed by atoms with van der Waals surface area (Å²) < 4.78 is 68.0. The van der Waals surface area contributed by atoms with Crippen LogP contribution in [-0.4, -0.2) is 34.0 Å². The summed E-state index contributed by atoms with van der Waals surface area (Å²) in [7, 11) is -4.28. The summed E-state index contributed by atoms with van der Waals surface area (Å²) in [5.74, 6) is 0.516. The molecule has 0 spiro atoms. The molecule has 2 aromatic heterocycles. The van der Waals surface area contributed by atoms with Crippen molar-refractivity contribution in [2.75, 3.05) is 4.72 Å². The van der Waals surface area contributed by atoms with Crippen LogP contribution in [0, 0.1) is 0 Å². The zero-order valence-electron chi connectivity index (χ0n) is 17.9. The van der Waals surface area contributed by atoms with Crippen LogP contribution in [0.4, 0.5) is 18.9 Å². The third-order valence-corrected chi connectivity index (χ3v) is 9.38. The molecule has 0 aliphatic heterocycles. The van der Waals surface area contributed by atoms with Crippen LogP contribution in [0.25, 0.3) is 21.6 Å². The topological polar surface area (TPSA) is 114 Å². The molecule has 190 valence electrons. The first kappa shape index (κ1) is 25.7. The lowest BCUT2D eigenvalue weighted by molar-refractivity contribution is -0.137. The minimum atomic E-state index is -4.65. The summed E-state index contributed by atoms with van der Waals surface area (Å²) in [6.45, 7) is 0. The summed E-state index contributed by atoms with van der Waals surface area (Å²) in [5, 5.41) is 13.4. The Morgan fingerprint density at radius 1 is 1.00 bits per heavy atom. The van der Waals surface area contributed by atoms with Crippen LogP contribution in [0.1, 0.15) is 5.56 Å². The van der Waals surface area contributed by atoms with Gasteiger partial charge in [0.25, 0.3) is 10.0 Å². The van der Waals surface area contributed by atoms with E-state index in [-0.39, 0.29) is 10.7 Å². The summed E-state index contributed by atoms with van der Waals surface area (Å²) in [6.07, 6.45) is -4.65. The summed E-state index contributed by atoms with van der Waals surface area (Å²) in [4.78, 5) is 4.74. The molecule has 0 bridgehead atoms. The molecule has 0 saturated carbocycles. The van der Waals surface area contributed by atoms with Crippen molar-refractivity contribution in [2.24, 2.45) is 0 Å². The highest BCUT2D eigenvalue weighted by Crippen LogP contribution is 2.40. The first-order valence-electron chi connectivity index (χ1n) is 10.0. The third kappa shape index (κ3) is 5.52. The number of tetrazole rings is 1. The second-order valence-corrected chi connectivity index (χ2v) is 12.2. The number of hydrogen-bond acceptors (Lipinski definition) is 8. The van der Waals surface area contributed by atoms with Gasteiger partial charge in [0.15, 0.2) is 10.2 Å². The number of halogens is 5. The van der Waals surface area contributed by atoms with Crippen molar-refractivity contribution >= 4 is 72.2 Å². The molecule has 8 nitrogen and oxygen atoms in total. The van der Waals surface area contributed by atoms with Crippen molar-refractivity contribution in [1.82, 2.24) is 25.6 Å². The van der Waals surface area contributed by atoms with E-state index in [2.05, 4.69) is 30.3 Å². The van der Waals surface area contributed by atoms with Crippen LogP contribution in [0.5, 0.6) is 0 Å². The van der Waals surface area contributed by atoms with Gasteiger partial charge in [-0.2, -0.15) is 13.2 Å². The van der Waals surface area contributed by atoms with E-state index >= 15 is 0 Å². The number of thiazole rings is 1. The molecule has 0 aliphatic rings. The number of anilines is 1. The third-order valence-electron chi connectivity index (χ3n) is 4.92. The fraction of sp³-hybridized carbons (Fsp3) is 0.0476. The molecule has 5 rings (SSSR count). The van der Waals surface area contributed by atoms with Crippen LogP contribution < -0.4 is 4.72 Å². The van der Waals surface area contributed by atoms with Gasteiger partial charge < -0.3 is 0 Å². The van der Waals surface area contributed by atoms with E-state index in [0.29, 0.717) is 27.2 Å². The number of aromatic amines is 1. The number of benzene rings is 3. The maximum absolute atomic E-state index is 12.9. The van der Waals surface area contributed by atoms with Gasteiger partial charge in [0.1, 0.15) is 4.90 Å². The van der Waals surface area contributed by atoms with Crippen molar-refractivity contribution in [1.29, 1.82) is 0 Å². The number of H-pyrrole nitrogens is 1. The van der Waals surface area contributed by atoms with Gasteiger partial charge in [0.2, 0.25) is 0 Å². The molecule has 0 unspecified atom stereocenters. The smallest absolute Gasteiger partial charge is 0.280 e. The zero-order valence-corrected chi connectivity index (χ0v) is 21.9. The molecule has 37 heavy (non-hydrogen) atoms. The van der Waals surface area contributed by atoms with E-state index in [9.17, 15) is 21.6 Å². The number of hydrogen-bond donors (Lipinski definition) is 2. The van der Waals surface area contributed by atoms with Crippen molar-refractivity contribution in [3.05, 3.63) is 70.2 Å². The van der Waals surface area contributed by atoms with Crippen molar-refractivity contribution in [3.8, 4) is 11.4 Å². The first-order valence-corrected chi connectivity index (χ1v) is 13.9. The Labute approximate surface area is 225 Å². The van der Waals surface area contributed by atoms with Gasteiger partial charge in [0, 0.05) is 10.5 Å². The second kappa shape index (κ2) is 9.76. The summed E-state index contributed by atoms with van der Waals surface area (Å²) in [6, 6.07) is 12.1. The van der Waals surface area contributed by atoms with Crippen molar-refractivity contribution in [2.45, 2.75) is 20.3 Å². The highest BCUT2D eigenvalue weighted by atomic mass is 35.5. The molecule has 16 heteroatoms. The molecular formula is C21H11Cl2F3N6O2S3. The zero-order chi connectivity index (χ0) is 26.4. The molecule has 0 aliphatic carbocycles. The van der Waals surface area contributed by atoms with E-state index in [1.54, 1.807) is 6.07 Å². The molecule has 5 aromatic rings. The maximum Gasteiger partial charge on any atom is 0.416 e. The fourth-order valence-electron chi connectivity index (χ4n) is 3.23. The molecule has 0 fully saturated rings. The van der Waals surface area contributed by atoms with Gasteiger partial charge in [-0.25, -0.2) is 18.5 Å². The van der Waals surface area contributed by atoms with E-state index in [4.69, 9.17) is 23.2 Å². The molecule has 0 radical (unpaired) electrons. The minimum absolute atomic E-state index is 0.111. The van der Waals surface area contributed by atoms with Crippen LogP contribution >= 0.6 is 46.3 Å². The van der Waals surface area contributed by atoms with Crippen LogP contribution in [0.2, 0.25) is 10.0 Å². The number of alkyl halides is 3. The van der Waals surface area contributed by atoms with Gasteiger partial charge in [-0.05, 0) is 65.0 Å². The lowest BCUT2D eigenvalue weighted by Crippen LogP contribution is -2.14. The van der Waals surface area contributed by atoms with E-state index in [1.165, 1.54) is 35.2 Å². The molecule has 3 aromatic carbocycles. The van der Waals surface area contributed by atoms with Gasteiger partial charge in [-0.3, -0.25) is 4.72 Å². The monoisotopic (exact) mass is 602 g/mol. The normalized spacial score (nSPS) is 12.2. The quantitative estimate of drug-likeness (QED) is 0.221. The number of rotatable bonds is 6. The lowest BCUT2D eigenvalue weighted by atomic mass is 10.2. The van der Waals surface area contributed by atoms with E-state index in [1.807, 2.05) is 18.2 Å². The minimum Gasteiger partial charge on any atom is -0.280 e. The SMILES string of the molecule is O=S(=O)(Nc1ccc(Sc2nc3cc(-c4nnn[nH]4)ccc3s2)c(Cl)c1)c1ccc(C(F)(F)F)cc1Cl.